The van der Waals surface area contributed by atoms with Gasteiger partial charge in [-0.05, 0) is 31.2 Å². The van der Waals surface area contributed by atoms with Crippen molar-refractivity contribution in [3.63, 3.8) is 0 Å². The van der Waals surface area contributed by atoms with E-state index in [0.717, 1.165) is 30.8 Å². The zero-order valence-electron chi connectivity index (χ0n) is 15.4. The van der Waals surface area contributed by atoms with Crippen LogP contribution < -0.4 is 5.32 Å². The number of oxazole rings is 1. The first kappa shape index (κ1) is 18.2. The minimum Gasteiger partial charge on any atom is -0.440 e. The molecule has 144 valence electrons. The van der Waals surface area contributed by atoms with Gasteiger partial charge in [-0.1, -0.05) is 6.07 Å². The highest BCUT2D eigenvalue weighted by molar-refractivity contribution is 7.13. The van der Waals surface area contributed by atoms with E-state index in [4.69, 9.17) is 4.42 Å². The molecule has 2 aromatic heterocycles. The van der Waals surface area contributed by atoms with Crippen LogP contribution in [0.3, 0.4) is 0 Å². The van der Waals surface area contributed by atoms with Crippen molar-refractivity contribution in [3.05, 3.63) is 29.0 Å². The largest absolute Gasteiger partial charge is 0.440 e. The van der Waals surface area contributed by atoms with Gasteiger partial charge in [-0.2, -0.15) is 0 Å². The summed E-state index contributed by atoms with van der Waals surface area (Å²) >= 11 is 1.57. The van der Waals surface area contributed by atoms with E-state index in [1.165, 1.54) is 0 Å². The maximum atomic E-state index is 12.6. The average molecular weight is 388 g/mol. The van der Waals surface area contributed by atoms with Crippen LogP contribution in [-0.4, -0.2) is 65.4 Å². The molecule has 2 aliphatic rings. The summed E-state index contributed by atoms with van der Waals surface area (Å²) in [5.74, 6) is 1.43. The molecule has 1 saturated carbocycles. The van der Waals surface area contributed by atoms with Crippen LogP contribution in [-0.2, 0) is 16.0 Å². The fourth-order valence-corrected chi connectivity index (χ4v) is 3.86. The highest BCUT2D eigenvalue weighted by Gasteiger charge is 2.27. The van der Waals surface area contributed by atoms with Gasteiger partial charge in [-0.15, -0.1) is 11.3 Å². The molecule has 7 nitrogen and oxygen atoms in total. The Balaban J connectivity index is 1.27. The van der Waals surface area contributed by atoms with E-state index in [-0.39, 0.29) is 18.2 Å². The van der Waals surface area contributed by atoms with Gasteiger partial charge in [0.25, 0.3) is 0 Å². The summed E-state index contributed by atoms with van der Waals surface area (Å²) < 4.78 is 5.72. The lowest BCUT2D eigenvalue weighted by Crippen LogP contribution is -2.51. The predicted molar refractivity (Wildman–Crippen MR) is 102 cm³/mol. The maximum absolute atomic E-state index is 12.6. The molecule has 0 radical (unpaired) electrons. The second-order valence-corrected chi connectivity index (χ2v) is 8.12. The van der Waals surface area contributed by atoms with Crippen molar-refractivity contribution in [2.45, 2.75) is 32.2 Å². The Morgan fingerprint density at radius 3 is 2.74 bits per heavy atom. The van der Waals surface area contributed by atoms with Gasteiger partial charge in [-0.3, -0.25) is 14.5 Å². The Morgan fingerprint density at radius 1 is 1.30 bits per heavy atom. The Labute approximate surface area is 162 Å². The summed E-state index contributed by atoms with van der Waals surface area (Å²) in [7, 11) is 0. The van der Waals surface area contributed by atoms with Gasteiger partial charge < -0.3 is 14.6 Å². The first-order valence-corrected chi connectivity index (χ1v) is 10.3. The van der Waals surface area contributed by atoms with Crippen molar-refractivity contribution >= 4 is 23.2 Å². The number of aromatic nitrogens is 1. The summed E-state index contributed by atoms with van der Waals surface area (Å²) in [6.07, 6.45) is 2.45. The normalized spacial score (nSPS) is 17.9. The summed E-state index contributed by atoms with van der Waals surface area (Å²) in [4.78, 5) is 34.0. The van der Waals surface area contributed by atoms with Crippen LogP contribution >= 0.6 is 11.3 Å². The molecule has 3 heterocycles. The third-order valence-corrected chi connectivity index (χ3v) is 5.84. The Hall–Kier alpha value is -2.19. The van der Waals surface area contributed by atoms with Crippen LogP contribution in [0.5, 0.6) is 0 Å². The number of piperazine rings is 1. The second-order valence-electron chi connectivity index (χ2n) is 7.17. The molecule has 1 N–H and O–H groups in total. The lowest BCUT2D eigenvalue weighted by atomic mass is 10.2. The molecule has 1 aliphatic heterocycles. The molecular formula is C19H24N4O3S. The van der Waals surface area contributed by atoms with Gasteiger partial charge in [-0.25, -0.2) is 4.98 Å². The van der Waals surface area contributed by atoms with Crippen LogP contribution in [0.4, 0.5) is 0 Å². The summed E-state index contributed by atoms with van der Waals surface area (Å²) in [5, 5.41) is 4.99. The highest BCUT2D eigenvalue weighted by Crippen LogP contribution is 2.26. The van der Waals surface area contributed by atoms with Crippen LogP contribution in [0, 0.1) is 6.92 Å². The Bertz CT molecular complexity index is 805. The smallest absolute Gasteiger partial charge is 0.236 e. The number of nitrogens with one attached hydrogen (secondary N) is 1. The zero-order chi connectivity index (χ0) is 18.8. The van der Waals surface area contributed by atoms with Gasteiger partial charge in [0.15, 0.2) is 0 Å². The predicted octanol–water partition coefficient (Wildman–Crippen LogP) is 1.68. The van der Waals surface area contributed by atoms with Crippen molar-refractivity contribution in [3.8, 4) is 10.8 Å². The molecule has 0 unspecified atom stereocenters. The minimum atomic E-state index is 0.0613. The molecule has 1 saturated heterocycles. The van der Waals surface area contributed by atoms with Gasteiger partial charge in [0.1, 0.15) is 5.76 Å². The van der Waals surface area contributed by atoms with Gasteiger partial charge in [0, 0.05) is 32.2 Å². The van der Waals surface area contributed by atoms with Crippen molar-refractivity contribution in [2.75, 3.05) is 32.7 Å². The summed E-state index contributed by atoms with van der Waals surface area (Å²) in [6, 6.07) is 4.31. The van der Waals surface area contributed by atoms with E-state index in [9.17, 15) is 9.59 Å². The molecule has 0 bridgehead atoms. The minimum absolute atomic E-state index is 0.0613. The molecule has 0 aromatic carbocycles. The SMILES string of the molecule is Cc1oc(-c2cccs2)nc1CC(=O)N1CCN(CC(=O)NC2CC2)CC1. The first-order chi connectivity index (χ1) is 13.1. The molecule has 27 heavy (non-hydrogen) atoms. The number of amides is 2. The third kappa shape index (κ3) is 4.56. The molecule has 2 fully saturated rings. The maximum Gasteiger partial charge on any atom is 0.236 e. The molecule has 0 spiro atoms. The van der Waals surface area contributed by atoms with Crippen LogP contribution in [0.25, 0.3) is 10.8 Å². The number of thiophene rings is 1. The zero-order valence-corrected chi connectivity index (χ0v) is 16.3. The van der Waals surface area contributed by atoms with E-state index in [1.807, 2.05) is 29.3 Å². The number of carbonyl (C=O) groups excluding carboxylic acids is 2. The Kier molecular flexibility index (Phi) is 5.27. The van der Waals surface area contributed by atoms with E-state index < -0.39 is 0 Å². The molecule has 2 aromatic rings. The first-order valence-electron chi connectivity index (χ1n) is 9.38. The molecule has 0 atom stereocenters. The average Bonchev–Trinajstić information content (AvgIpc) is 3.15. The Morgan fingerprint density at radius 2 is 2.07 bits per heavy atom. The highest BCUT2D eigenvalue weighted by atomic mass is 32.1. The lowest BCUT2D eigenvalue weighted by Gasteiger charge is -2.34. The fourth-order valence-electron chi connectivity index (χ4n) is 3.21. The topological polar surface area (TPSA) is 78.7 Å². The van der Waals surface area contributed by atoms with Crippen molar-refractivity contribution in [2.24, 2.45) is 0 Å². The third-order valence-electron chi connectivity index (χ3n) is 4.98. The van der Waals surface area contributed by atoms with E-state index >= 15 is 0 Å². The molecule has 2 amide bonds. The van der Waals surface area contributed by atoms with Gasteiger partial charge in [0.2, 0.25) is 17.7 Å². The molecular weight excluding hydrogens is 364 g/mol. The number of hydrogen-bond donors (Lipinski definition) is 1. The monoisotopic (exact) mass is 388 g/mol. The number of carbonyl (C=O) groups is 2. The number of aryl methyl sites for hydroxylation is 1. The van der Waals surface area contributed by atoms with E-state index in [0.29, 0.717) is 43.0 Å². The van der Waals surface area contributed by atoms with E-state index in [1.54, 1.807) is 11.3 Å². The van der Waals surface area contributed by atoms with E-state index in [2.05, 4.69) is 15.2 Å². The summed E-state index contributed by atoms with van der Waals surface area (Å²) in [5.41, 5.74) is 0.703. The van der Waals surface area contributed by atoms with Crippen molar-refractivity contribution < 1.29 is 14.0 Å². The molecule has 4 rings (SSSR count). The molecule has 8 heteroatoms. The number of hydrogen-bond acceptors (Lipinski definition) is 6. The number of rotatable bonds is 6. The van der Waals surface area contributed by atoms with Crippen LogP contribution in [0.1, 0.15) is 24.3 Å². The number of nitrogens with zero attached hydrogens (tertiary/aromatic N) is 3. The van der Waals surface area contributed by atoms with Gasteiger partial charge in [0.05, 0.1) is 23.5 Å². The van der Waals surface area contributed by atoms with Crippen molar-refractivity contribution in [1.29, 1.82) is 0 Å². The summed E-state index contributed by atoms with van der Waals surface area (Å²) in [6.45, 7) is 5.01. The van der Waals surface area contributed by atoms with Gasteiger partial charge >= 0.3 is 0 Å². The standard InChI is InChI=1S/C19H24N4O3S/c1-13-15(21-19(26-13)16-3-2-10-27-16)11-18(25)23-8-6-22(7-9-23)12-17(24)20-14-4-5-14/h2-3,10,14H,4-9,11-12H2,1H3,(H,20,24). The van der Waals surface area contributed by atoms with Crippen LogP contribution in [0.15, 0.2) is 21.9 Å². The molecule has 1 aliphatic carbocycles. The van der Waals surface area contributed by atoms with Crippen LogP contribution in [0.2, 0.25) is 0 Å². The quantitative estimate of drug-likeness (QED) is 0.815. The second kappa shape index (κ2) is 7.82. The van der Waals surface area contributed by atoms with Crippen molar-refractivity contribution in [1.82, 2.24) is 20.1 Å². The lowest BCUT2D eigenvalue weighted by molar-refractivity contribution is -0.132. The fraction of sp³-hybridized carbons (Fsp3) is 0.526.